The molecule has 3 heteroatoms. The van der Waals surface area contributed by atoms with Crippen molar-refractivity contribution in [1.29, 1.82) is 0 Å². The second-order valence-electron chi connectivity index (χ2n) is 4.24. The molecule has 0 aliphatic rings. The minimum Gasteiger partial charge on any atom is -0.353 e. The van der Waals surface area contributed by atoms with Crippen LogP contribution in [0.1, 0.15) is 18.2 Å². The fraction of sp³-hybridized carbons (Fsp3) is 0.200. The molecule has 2 rings (SSSR count). The van der Waals surface area contributed by atoms with E-state index in [0.717, 1.165) is 22.2 Å². The molecular weight excluding hydrogens is 224 g/mol. The number of hydrogen-bond acceptors (Lipinski definition) is 2. The number of nitrogens with one attached hydrogen (secondary N) is 1. The van der Waals surface area contributed by atoms with Crippen LogP contribution in [0.5, 0.6) is 0 Å². The topological polar surface area (TPSA) is 42.0 Å². The van der Waals surface area contributed by atoms with Crippen molar-refractivity contribution < 1.29 is 4.79 Å². The normalized spacial score (nSPS) is 11.0. The minimum absolute atomic E-state index is 0.0159. The lowest BCUT2D eigenvalue weighted by molar-refractivity contribution is -0.118. The highest BCUT2D eigenvalue weighted by atomic mass is 16.1. The van der Waals surface area contributed by atoms with Crippen molar-refractivity contribution in [3.8, 4) is 0 Å². The Morgan fingerprint density at radius 2 is 2.17 bits per heavy atom. The third-order valence-corrected chi connectivity index (χ3v) is 2.63. The van der Waals surface area contributed by atoms with Crippen molar-refractivity contribution in [1.82, 2.24) is 10.3 Å². The molecule has 92 valence electrons. The van der Waals surface area contributed by atoms with Gasteiger partial charge in [-0.15, -0.1) is 0 Å². The Morgan fingerprint density at radius 3 is 2.94 bits per heavy atom. The molecule has 18 heavy (non-hydrogen) atoms. The predicted molar refractivity (Wildman–Crippen MR) is 74.2 cm³/mol. The van der Waals surface area contributed by atoms with Gasteiger partial charge in [0.05, 0.1) is 5.52 Å². The summed E-state index contributed by atoms with van der Waals surface area (Å²) in [7, 11) is 0. The number of hydrogen-bond donors (Lipinski definition) is 1. The number of aryl methyl sites for hydroxylation is 1. The fourth-order valence-electron chi connectivity index (χ4n) is 1.75. The van der Waals surface area contributed by atoms with E-state index in [1.165, 1.54) is 6.92 Å². The first-order chi connectivity index (χ1) is 8.65. The van der Waals surface area contributed by atoms with E-state index in [-0.39, 0.29) is 5.91 Å². The zero-order valence-electron chi connectivity index (χ0n) is 10.6. The molecule has 0 radical (unpaired) electrons. The Kier molecular flexibility index (Phi) is 3.72. The van der Waals surface area contributed by atoms with Crippen molar-refractivity contribution >= 4 is 22.9 Å². The lowest BCUT2D eigenvalue weighted by Gasteiger charge is -2.00. The van der Waals surface area contributed by atoms with E-state index < -0.39 is 0 Å². The summed E-state index contributed by atoms with van der Waals surface area (Å²) in [6.45, 7) is 4.05. The van der Waals surface area contributed by atoms with Crippen molar-refractivity contribution in [3.05, 3.63) is 47.7 Å². The van der Waals surface area contributed by atoms with Crippen LogP contribution in [0.3, 0.4) is 0 Å². The zero-order valence-corrected chi connectivity index (χ0v) is 10.6. The van der Waals surface area contributed by atoms with Crippen LogP contribution in [0, 0.1) is 6.92 Å². The van der Waals surface area contributed by atoms with E-state index in [9.17, 15) is 4.79 Å². The molecule has 1 aromatic heterocycles. The number of amides is 1. The molecule has 0 atom stereocenters. The average molecular weight is 240 g/mol. The van der Waals surface area contributed by atoms with Crippen LogP contribution in [0.4, 0.5) is 0 Å². The highest BCUT2D eigenvalue weighted by molar-refractivity contribution is 5.81. The van der Waals surface area contributed by atoms with Gasteiger partial charge >= 0.3 is 0 Å². The van der Waals surface area contributed by atoms with Gasteiger partial charge in [0, 0.05) is 24.5 Å². The smallest absolute Gasteiger partial charge is 0.217 e. The molecule has 0 spiro atoms. The van der Waals surface area contributed by atoms with E-state index in [1.54, 1.807) is 0 Å². The second kappa shape index (κ2) is 5.45. The molecule has 3 nitrogen and oxygen atoms in total. The van der Waals surface area contributed by atoms with Crippen molar-refractivity contribution in [2.45, 2.75) is 13.8 Å². The number of carbonyl (C=O) groups is 1. The van der Waals surface area contributed by atoms with Crippen molar-refractivity contribution in [2.75, 3.05) is 6.54 Å². The van der Waals surface area contributed by atoms with Gasteiger partial charge in [0.1, 0.15) is 0 Å². The van der Waals surface area contributed by atoms with Crippen LogP contribution in [0.25, 0.3) is 17.0 Å². The molecule has 0 aliphatic heterocycles. The van der Waals surface area contributed by atoms with E-state index in [1.807, 2.05) is 37.3 Å². The summed E-state index contributed by atoms with van der Waals surface area (Å²) in [5.41, 5.74) is 3.14. The monoisotopic (exact) mass is 240 g/mol. The number of aromatic nitrogens is 1. The lowest BCUT2D eigenvalue weighted by Crippen LogP contribution is -2.19. The maximum atomic E-state index is 10.7. The van der Waals surface area contributed by atoms with Gasteiger partial charge < -0.3 is 5.32 Å². The highest BCUT2D eigenvalue weighted by Crippen LogP contribution is 2.15. The second-order valence-corrected chi connectivity index (χ2v) is 4.24. The summed E-state index contributed by atoms with van der Waals surface area (Å²) < 4.78 is 0. The van der Waals surface area contributed by atoms with Crippen molar-refractivity contribution in [2.24, 2.45) is 0 Å². The van der Waals surface area contributed by atoms with Crippen LogP contribution >= 0.6 is 0 Å². The Hall–Kier alpha value is -2.16. The SMILES string of the molecule is CC(=O)NCC=Cc1ccc2nc(C)ccc2c1. The van der Waals surface area contributed by atoms with Crippen LogP contribution in [-0.2, 0) is 4.79 Å². The van der Waals surface area contributed by atoms with Gasteiger partial charge in [-0.2, -0.15) is 0 Å². The first-order valence-corrected chi connectivity index (χ1v) is 5.93. The molecule has 0 saturated heterocycles. The number of pyridine rings is 1. The predicted octanol–water partition coefficient (Wildman–Crippen LogP) is 2.69. The molecule has 2 aromatic rings. The summed E-state index contributed by atoms with van der Waals surface area (Å²) in [6.07, 6.45) is 3.93. The van der Waals surface area contributed by atoms with E-state index in [2.05, 4.69) is 22.4 Å². The molecule has 1 aromatic carbocycles. The van der Waals surface area contributed by atoms with Gasteiger partial charge in [-0.25, -0.2) is 0 Å². The van der Waals surface area contributed by atoms with E-state index >= 15 is 0 Å². The third kappa shape index (κ3) is 3.17. The third-order valence-electron chi connectivity index (χ3n) is 2.63. The molecule has 0 saturated carbocycles. The van der Waals surface area contributed by atoms with Gasteiger partial charge in [0.15, 0.2) is 0 Å². The Balaban J connectivity index is 2.15. The van der Waals surface area contributed by atoms with E-state index in [4.69, 9.17) is 0 Å². The Labute approximate surface area is 107 Å². The number of benzene rings is 1. The van der Waals surface area contributed by atoms with Gasteiger partial charge in [-0.05, 0) is 30.7 Å². The van der Waals surface area contributed by atoms with Gasteiger partial charge in [0.25, 0.3) is 0 Å². The van der Waals surface area contributed by atoms with Gasteiger partial charge in [0.2, 0.25) is 5.91 Å². The zero-order chi connectivity index (χ0) is 13.0. The van der Waals surface area contributed by atoms with Crippen molar-refractivity contribution in [3.63, 3.8) is 0 Å². The minimum atomic E-state index is -0.0159. The first-order valence-electron chi connectivity index (χ1n) is 5.93. The number of rotatable bonds is 3. The fourth-order valence-corrected chi connectivity index (χ4v) is 1.75. The molecule has 1 amide bonds. The van der Waals surface area contributed by atoms with E-state index in [0.29, 0.717) is 6.54 Å². The van der Waals surface area contributed by atoms with Gasteiger partial charge in [-0.1, -0.05) is 24.3 Å². The molecule has 0 unspecified atom stereocenters. The largest absolute Gasteiger partial charge is 0.353 e. The molecule has 0 fully saturated rings. The maximum absolute atomic E-state index is 10.7. The van der Waals surface area contributed by atoms with Crippen LogP contribution in [0.15, 0.2) is 36.4 Å². The van der Waals surface area contributed by atoms with Crippen LogP contribution in [-0.4, -0.2) is 17.4 Å². The van der Waals surface area contributed by atoms with Crippen LogP contribution < -0.4 is 5.32 Å². The Bertz CT molecular complexity index is 602. The first kappa shape index (κ1) is 12.3. The summed E-state index contributed by atoms with van der Waals surface area (Å²) in [5.74, 6) is -0.0159. The quantitative estimate of drug-likeness (QED) is 0.896. The maximum Gasteiger partial charge on any atom is 0.217 e. The summed E-state index contributed by atoms with van der Waals surface area (Å²) >= 11 is 0. The summed E-state index contributed by atoms with van der Waals surface area (Å²) in [5, 5.41) is 3.85. The van der Waals surface area contributed by atoms with Gasteiger partial charge in [-0.3, -0.25) is 9.78 Å². The molecule has 1 N–H and O–H groups in total. The molecule has 0 aliphatic carbocycles. The number of carbonyl (C=O) groups excluding carboxylic acids is 1. The Morgan fingerprint density at radius 1 is 1.33 bits per heavy atom. The van der Waals surface area contributed by atoms with Crippen LogP contribution in [0.2, 0.25) is 0 Å². The average Bonchev–Trinajstić information content (AvgIpc) is 2.34. The standard InChI is InChI=1S/C15H16N2O/c1-11-5-7-14-10-13(6-8-15(14)17-11)4-3-9-16-12(2)18/h3-8,10H,9H2,1-2H3,(H,16,18). The number of nitrogens with zero attached hydrogens (tertiary/aromatic N) is 1. The molecular formula is C15H16N2O. The number of fused-ring (bicyclic) bond motifs is 1. The highest BCUT2D eigenvalue weighted by Gasteiger charge is 1.96. The summed E-state index contributed by atoms with van der Waals surface area (Å²) in [4.78, 5) is 15.2. The molecule has 0 bridgehead atoms. The summed E-state index contributed by atoms with van der Waals surface area (Å²) in [6, 6.07) is 10.2. The lowest BCUT2D eigenvalue weighted by atomic mass is 10.1. The molecule has 1 heterocycles.